The molecule has 0 bridgehead atoms. The molecule has 4 nitrogen and oxygen atoms in total. The van der Waals surface area contributed by atoms with Crippen molar-refractivity contribution in [2.45, 2.75) is 19.0 Å². The van der Waals surface area contributed by atoms with Crippen LogP contribution in [0.1, 0.15) is 18.7 Å². The van der Waals surface area contributed by atoms with Crippen LogP contribution in [-0.4, -0.2) is 55.1 Å². The van der Waals surface area contributed by atoms with Crippen molar-refractivity contribution < 1.29 is 4.42 Å². The van der Waals surface area contributed by atoms with Crippen LogP contribution in [0.4, 0.5) is 0 Å². The highest BCUT2D eigenvalue weighted by Crippen LogP contribution is 2.31. The minimum Gasteiger partial charge on any atom is -0.459 e. The molecule has 0 amide bonds. The highest BCUT2D eigenvalue weighted by atomic mass is 16.3. The molecular weight excluding hydrogens is 262 g/mol. The number of nitrogens with zero attached hydrogens (tertiary/aromatic N) is 2. The van der Waals surface area contributed by atoms with Crippen molar-refractivity contribution >= 4 is 11.0 Å². The molecule has 2 aliphatic rings. The van der Waals surface area contributed by atoms with Crippen molar-refractivity contribution in [1.82, 2.24) is 15.1 Å². The number of benzene rings is 1. The number of hydrogen-bond donors (Lipinski definition) is 1. The zero-order valence-electron chi connectivity index (χ0n) is 12.6. The van der Waals surface area contributed by atoms with E-state index >= 15 is 0 Å². The Balaban J connectivity index is 1.41. The van der Waals surface area contributed by atoms with Crippen molar-refractivity contribution in [3.8, 4) is 0 Å². The lowest BCUT2D eigenvalue weighted by molar-refractivity contribution is -0.00126. The van der Waals surface area contributed by atoms with E-state index in [-0.39, 0.29) is 0 Å². The molecule has 112 valence electrons. The van der Waals surface area contributed by atoms with E-state index in [0.717, 1.165) is 43.6 Å². The minimum absolute atomic E-state index is 0.372. The summed E-state index contributed by atoms with van der Waals surface area (Å²) in [6.07, 6.45) is 0. The van der Waals surface area contributed by atoms with Crippen LogP contribution < -0.4 is 5.32 Å². The molecule has 4 rings (SSSR count). The zero-order chi connectivity index (χ0) is 14.2. The Morgan fingerprint density at radius 1 is 1.19 bits per heavy atom. The van der Waals surface area contributed by atoms with Crippen molar-refractivity contribution in [1.29, 1.82) is 0 Å². The Morgan fingerprint density at radius 2 is 1.95 bits per heavy atom. The minimum atomic E-state index is 0.372. The summed E-state index contributed by atoms with van der Waals surface area (Å²) in [5.74, 6) is 1.09. The molecule has 0 aliphatic carbocycles. The fraction of sp³-hybridized carbons (Fsp3) is 0.529. The number of para-hydroxylation sites is 1. The first-order chi connectivity index (χ1) is 10.3. The van der Waals surface area contributed by atoms with Crippen LogP contribution in [0.5, 0.6) is 0 Å². The van der Waals surface area contributed by atoms with Crippen LogP contribution in [0.25, 0.3) is 11.0 Å². The summed E-state index contributed by atoms with van der Waals surface area (Å²) in [4.78, 5) is 5.14. The van der Waals surface area contributed by atoms with E-state index in [4.69, 9.17) is 4.42 Å². The molecule has 2 aromatic rings. The average Bonchev–Trinajstić information content (AvgIpc) is 2.90. The van der Waals surface area contributed by atoms with Gasteiger partial charge < -0.3 is 9.73 Å². The van der Waals surface area contributed by atoms with E-state index in [9.17, 15) is 0 Å². The SMILES string of the molecule is CC(c1cc2ccccc2o1)N1CC(N2CCNCC2)C1. The molecule has 3 heterocycles. The number of hydrogen-bond acceptors (Lipinski definition) is 4. The Morgan fingerprint density at radius 3 is 2.71 bits per heavy atom. The third-order valence-corrected chi connectivity index (χ3v) is 4.96. The Labute approximate surface area is 125 Å². The molecule has 1 unspecified atom stereocenters. The first-order valence-electron chi connectivity index (χ1n) is 7.98. The first-order valence-corrected chi connectivity index (χ1v) is 7.98. The Kier molecular flexibility index (Phi) is 3.45. The van der Waals surface area contributed by atoms with Gasteiger partial charge in [0.05, 0.1) is 6.04 Å². The second-order valence-corrected chi connectivity index (χ2v) is 6.26. The maximum absolute atomic E-state index is 6.00. The number of rotatable bonds is 3. The quantitative estimate of drug-likeness (QED) is 0.936. The summed E-state index contributed by atoms with van der Waals surface area (Å²) >= 11 is 0. The monoisotopic (exact) mass is 285 g/mol. The van der Waals surface area contributed by atoms with Gasteiger partial charge in [0.15, 0.2) is 0 Å². The van der Waals surface area contributed by atoms with Gasteiger partial charge in [0.25, 0.3) is 0 Å². The molecule has 2 fully saturated rings. The van der Waals surface area contributed by atoms with Gasteiger partial charge in [-0.05, 0) is 19.1 Å². The summed E-state index contributed by atoms with van der Waals surface area (Å²) in [6, 6.07) is 11.6. The van der Waals surface area contributed by atoms with Gasteiger partial charge in [0.2, 0.25) is 0 Å². The number of piperazine rings is 1. The van der Waals surface area contributed by atoms with Gasteiger partial charge in [0.1, 0.15) is 11.3 Å². The Bertz CT molecular complexity index is 578. The molecular formula is C17H23N3O. The standard InChI is InChI=1S/C17H23N3O/c1-13(17-10-14-4-2-3-5-16(14)21-17)20-11-15(12-20)19-8-6-18-7-9-19/h2-5,10,13,15,18H,6-9,11-12H2,1H3. The van der Waals surface area contributed by atoms with Crippen molar-refractivity contribution in [2.24, 2.45) is 0 Å². The lowest BCUT2D eigenvalue weighted by Gasteiger charge is -2.48. The smallest absolute Gasteiger partial charge is 0.134 e. The number of furan rings is 1. The molecule has 1 aromatic carbocycles. The maximum Gasteiger partial charge on any atom is 0.134 e. The van der Waals surface area contributed by atoms with Crippen LogP contribution in [0.2, 0.25) is 0 Å². The molecule has 4 heteroatoms. The third-order valence-electron chi connectivity index (χ3n) is 4.96. The summed E-state index contributed by atoms with van der Waals surface area (Å²) in [5.41, 5.74) is 0.999. The average molecular weight is 285 g/mol. The van der Waals surface area contributed by atoms with Gasteiger partial charge >= 0.3 is 0 Å². The lowest BCUT2D eigenvalue weighted by Crippen LogP contribution is -2.62. The van der Waals surface area contributed by atoms with E-state index < -0.39 is 0 Å². The fourth-order valence-electron chi connectivity index (χ4n) is 3.47. The van der Waals surface area contributed by atoms with Crippen LogP contribution in [0.15, 0.2) is 34.7 Å². The highest BCUT2D eigenvalue weighted by Gasteiger charge is 2.36. The molecule has 1 atom stereocenters. The molecule has 0 radical (unpaired) electrons. The number of likely N-dealkylation sites (tertiary alicyclic amines) is 1. The van der Waals surface area contributed by atoms with Gasteiger partial charge in [-0.1, -0.05) is 18.2 Å². The zero-order valence-corrected chi connectivity index (χ0v) is 12.6. The number of nitrogens with one attached hydrogen (secondary N) is 1. The summed E-state index contributed by atoms with van der Waals surface area (Å²) in [5, 5.41) is 4.63. The van der Waals surface area contributed by atoms with Crippen molar-refractivity contribution in [2.75, 3.05) is 39.3 Å². The van der Waals surface area contributed by atoms with Crippen molar-refractivity contribution in [3.63, 3.8) is 0 Å². The highest BCUT2D eigenvalue weighted by molar-refractivity contribution is 5.77. The number of fused-ring (bicyclic) bond motifs is 1. The third kappa shape index (κ3) is 2.48. The predicted octanol–water partition coefficient (Wildman–Crippen LogP) is 2.08. The molecule has 2 aliphatic heterocycles. The van der Waals surface area contributed by atoms with Crippen LogP contribution in [-0.2, 0) is 0 Å². The van der Waals surface area contributed by atoms with Gasteiger partial charge in [-0.25, -0.2) is 0 Å². The van der Waals surface area contributed by atoms with Crippen LogP contribution in [0.3, 0.4) is 0 Å². The van der Waals surface area contributed by atoms with E-state index in [1.807, 2.05) is 12.1 Å². The largest absolute Gasteiger partial charge is 0.459 e. The second-order valence-electron chi connectivity index (χ2n) is 6.26. The van der Waals surface area contributed by atoms with Crippen molar-refractivity contribution in [3.05, 3.63) is 36.1 Å². The Hall–Kier alpha value is -1.36. The lowest BCUT2D eigenvalue weighted by atomic mass is 10.0. The van der Waals surface area contributed by atoms with Gasteiger partial charge in [-0.15, -0.1) is 0 Å². The summed E-state index contributed by atoms with van der Waals surface area (Å²) in [7, 11) is 0. The van der Waals surface area contributed by atoms with E-state index in [2.05, 4.69) is 40.2 Å². The van der Waals surface area contributed by atoms with Crippen LogP contribution in [0, 0.1) is 0 Å². The fourth-order valence-corrected chi connectivity index (χ4v) is 3.47. The molecule has 1 N–H and O–H groups in total. The van der Waals surface area contributed by atoms with E-state index in [0.29, 0.717) is 6.04 Å². The van der Waals surface area contributed by atoms with E-state index in [1.165, 1.54) is 18.5 Å². The molecule has 21 heavy (non-hydrogen) atoms. The molecule has 0 spiro atoms. The van der Waals surface area contributed by atoms with Gasteiger partial charge in [0, 0.05) is 50.7 Å². The second kappa shape index (κ2) is 5.44. The molecule has 2 saturated heterocycles. The van der Waals surface area contributed by atoms with Gasteiger partial charge in [-0.2, -0.15) is 0 Å². The molecule has 1 aromatic heterocycles. The summed E-state index contributed by atoms with van der Waals surface area (Å²) < 4.78 is 6.00. The predicted molar refractivity (Wildman–Crippen MR) is 84.4 cm³/mol. The maximum atomic E-state index is 6.00. The normalized spacial score (nSPS) is 23.3. The molecule has 0 saturated carbocycles. The van der Waals surface area contributed by atoms with Gasteiger partial charge in [-0.3, -0.25) is 9.80 Å². The summed E-state index contributed by atoms with van der Waals surface area (Å²) in [6.45, 7) is 9.24. The van der Waals surface area contributed by atoms with Crippen LogP contribution >= 0.6 is 0 Å². The first kappa shape index (κ1) is 13.3. The topological polar surface area (TPSA) is 31.7 Å². The van der Waals surface area contributed by atoms with E-state index in [1.54, 1.807) is 0 Å².